The largest absolute Gasteiger partial charge is 1.00 e. The Morgan fingerprint density at radius 1 is 0.889 bits per heavy atom. The molecule has 0 bridgehead atoms. The first-order valence-corrected chi connectivity index (χ1v) is 3.35. The fourth-order valence-electron chi connectivity index (χ4n) is 0. The van der Waals surface area contributed by atoms with E-state index in [0.717, 1.165) is 0 Å². The molecule has 6 N–H and O–H groups in total. The van der Waals surface area contributed by atoms with Crippen molar-refractivity contribution >= 4 is 20.4 Å². The quantitative estimate of drug-likeness (QED) is 0.407. The van der Waals surface area contributed by atoms with Crippen molar-refractivity contribution < 1.29 is 129 Å². The summed E-state index contributed by atoms with van der Waals surface area (Å²) >= 11 is -4.11. The molecule has 9 heavy (non-hydrogen) atoms. The first-order valence-electron chi connectivity index (χ1n) is 0.500. The summed E-state index contributed by atoms with van der Waals surface area (Å²) in [6, 6.07) is 0. The minimum Gasteiger partial charge on any atom is 1.00 e. The molecule has 0 saturated heterocycles. The van der Waals surface area contributed by atoms with Crippen LogP contribution in [0.15, 0.2) is 0 Å². The van der Waals surface area contributed by atoms with E-state index in [-0.39, 0.29) is 119 Å². The monoisotopic (exact) mass is 310 g/mol. The molecule has 0 spiro atoms. The molecular weight excluding hydrogens is 302 g/mol. The third-order valence-corrected chi connectivity index (χ3v) is 0. The molecule has 0 amide bonds. The van der Waals surface area contributed by atoms with Gasteiger partial charge in [0.25, 0.3) is 0 Å². The van der Waals surface area contributed by atoms with Gasteiger partial charge in [-0.2, -0.15) is 0 Å². The second-order valence-corrected chi connectivity index (χ2v) is 1.37. The molecule has 0 aliphatic rings. The molecule has 0 aromatic carbocycles. The van der Waals surface area contributed by atoms with Crippen molar-refractivity contribution in [3.05, 3.63) is 0 Å². The van der Waals surface area contributed by atoms with E-state index in [1.165, 1.54) is 0 Å². The zero-order valence-corrected chi connectivity index (χ0v) is 13.7. The Morgan fingerprint density at radius 3 is 0.889 bits per heavy atom. The summed E-state index contributed by atoms with van der Waals surface area (Å²) in [5.74, 6) is 0. The van der Waals surface area contributed by atoms with E-state index < -0.39 is 20.4 Å². The summed E-state index contributed by atoms with van der Waals surface area (Å²) in [4.78, 5) is 0. The molecule has 9 heteroatoms. The maximum Gasteiger partial charge on any atom is 1.00 e. The third kappa shape index (κ3) is 81.2. The van der Waals surface area contributed by atoms with Crippen LogP contribution < -0.4 is 110 Å². The van der Waals surface area contributed by atoms with Gasteiger partial charge in [0.15, 0.2) is 0 Å². The SMILES string of the molecule is O.O.O.O=[Te]([O-])[O-].[K+].[K+]. The van der Waals surface area contributed by atoms with Gasteiger partial charge in [-0.05, 0) is 0 Å². The molecule has 0 aliphatic carbocycles. The molecule has 0 aromatic heterocycles. The molecule has 0 atom stereocenters. The van der Waals surface area contributed by atoms with Crippen LogP contribution in [0.5, 0.6) is 0 Å². The molecule has 6 nitrogen and oxygen atoms in total. The summed E-state index contributed by atoms with van der Waals surface area (Å²) < 4.78 is 25.8. The Kier molecular flexibility index (Phi) is 129. The Labute approximate surface area is 145 Å². The van der Waals surface area contributed by atoms with Gasteiger partial charge < -0.3 is 16.4 Å². The van der Waals surface area contributed by atoms with Crippen molar-refractivity contribution in [2.24, 2.45) is 0 Å². The zero-order chi connectivity index (χ0) is 3.58. The van der Waals surface area contributed by atoms with Crippen molar-refractivity contribution in [3.63, 3.8) is 0 Å². The zero-order valence-electron chi connectivity index (χ0n) is 5.13. The van der Waals surface area contributed by atoms with Gasteiger partial charge in [0.05, 0.1) is 0 Å². The molecule has 0 radical (unpaired) electrons. The van der Waals surface area contributed by atoms with Crippen LogP contribution in [-0.4, -0.2) is 36.8 Å². The van der Waals surface area contributed by atoms with Crippen molar-refractivity contribution in [3.8, 4) is 0 Å². The smallest absolute Gasteiger partial charge is 1.00 e. The van der Waals surface area contributed by atoms with E-state index in [4.69, 9.17) is 10.0 Å². The molecular formula is H6K2O6Te. The molecule has 0 saturated carbocycles. The minimum atomic E-state index is -4.11. The second-order valence-electron chi connectivity index (χ2n) is 0.204. The van der Waals surface area contributed by atoms with Gasteiger partial charge in [0, 0.05) is 0 Å². The molecule has 0 aromatic rings. The summed E-state index contributed by atoms with van der Waals surface area (Å²) in [5, 5.41) is 0. The minimum absolute atomic E-state index is 0. The summed E-state index contributed by atoms with van der Waals surface area (Å²) in [6.07, 6.45) is 0. The molecule has 0 heterocycles. The second kappa shape index (κ2) is 29.9. The van der Waals surface area contributed by atoms with E-state index in [1.807, 2.05) is 0 Å². The fraction of sp³-hybridized carbons (Fsp3) is 0. The predicted molar refractivity (Wildman–Crippen MR) is 17.3 cm³/mol. The number of hydrogen-bond acceptors (Lipinski definition) is 3. The van der Waals surface area contributed by atoms with Crippen LogP contribution in [0.4, 0.5) is 0 Å². The first-order chi connectivity index (χ1) is 1.73. The van der Waals surface area contributed by atoms with Crippen molar-refractivity contribution in [2.45, 2.75) is 0 Å². The average molecular weight is 308 g/mol. The van der Waals surface area contributed by atoms with E-state index in [0.29, 0.717) is 0 Å². The third-order valence-electron chi connectivity index (χ3n) is 0. The van der Waals surface area contributed by atoms with Crippen LogP contribution in [0.25, 0.3) is 0 Å². The van der Waals surface area contributed by atoms with Crippen molar-refractivity contribution in [1.29, 1.82) is 0 Å². The summed E-state index contributed by atoms with van der Waals surface area (Å²) in [5.41, 5.74) is 0. The maximum atomic E-state index is 8.59. The first kappa shape index (κ1) is 38.8. The molecule has 0 rings (SSSR count). The standard InChI is InChI=1S/2K.H2O3Te.3H2O/c;;1-4(2)3;;;/h;;(H2,1,2,3);3*1H2/q2*+1;;;;/p-2. The van der Waals surface area contributed by atoms with Crippen LogP contribution in [0.3, 0.4) is 0 Å². The average Bonchev–Trinajstić information content (AvgIpc) is 0.811. The van der Waals surface area contributed by atoms with Gasteiger partial charge >= 0.3 is 133 Å². The Balaban J connectivity index is -0.00000000450. The van der Waals surface area contributed by atoms with Crippen LogP contribution in [-0.2, 0) is 3.10 Å². The van der Waals surface area contributed by atoms with Gasteiger partial charge in [0.2, 0.25) is 0 Å². The van der Waals surface area contributed by atoms with E-state index in [2.05, 4.69) is 0 Å². The van der Waals surface area contributed by atoms with Crippen molar-refractivity contribution in [1.82, 2.24) is 0 Å². The van der Waals surface area contributed by atoms with E-state index >= 15 is 0 Å². The molecule has 0 unspecified atom stereocenters. The van der Waals surface area contributed by atoms with E-state index in [1.54, 1.807) is 0 Å². The van der Waals surface area contributed by atoms with Crippen LogP contribution in [0.2, 0.25) is 0 Å². The van der Waals surface area contributed by atoms with Crippen LogP contribution in [0.1, 0.15) is 0 Å². The Hall–Kier alpha value is 3.66. The Morgan fingerprint density at radius 2 is 0.889 bits per heavy atom. The number of rotatable bonds is 0. The van der Waals surface area contributed by atoms with Gasteiger partial charge in [-0.25, -0.2) is 0 Å². The Bertz CT molecular complexity index is 34.0. The van der Waals surface area contributed by atoms with Gasteiger partial charge in [-0.15, -0.1) is 0 Å². The predicted octanol–water partition coefficient (Wildman–Crippen LogP) is -11.3. The van der Waals surface area contributed by atoms with Gasteiger partial charge in [-0.3, -0.25) is 0 Å². The van der Waals surface area contributed by atoms with Crippen LogP contribution in [0, 0.1) is 0 Å². The molecule has 50 valence electrons. The molecule has 0 fully saturated rings. The van der Waals surface area contributed by atoms with Crippen LogP contribution >= 0.6 is 0 Å². The molecule has 0 aliphatic heterocycles. The topological polar surface area (TPSA) is 158 Å². The van der Waals surface area contributed by atoms with Gasteiger partial charge in [-0.1, -0.05) is 0 Å². The van der Waals surface area contributed by atoms with Gasteiger partial charge in [0.1, 0.15) is 0 Å². The maximum absolute atomic E-state index is 8.59. The fourth-order valence-corrected chi connectivity index (χ4v) is 0. The normalized spacial score (nSPS) is 3.89. The van der Waals surface area contributed by atoms with Crippen molar-refractivity contribution in [2.75, 3.05) is 0 Å². The number of hydrogen-bond donors (Lipinski definition) is 0. The summed E-state index contributed by atoms with van der Waals surface area (Å²) in [6.45, 7) is 0. The van der Waals surface area contributed by atoms with E-state index in [9.17, 15) is 0 Å². The summed E-state index contributed by atoms with van der Waals surface area (Å²) in [7, 11) is 0.